The lowest BCUT2D eigenvalue weighted by Gasteiger charge is -2.07. The van der Waals surface area contributed by atoms with E-state index in [1.807, 2.05) is 0 Å². The average molecular weight is 348 g/mol. The first-order valence-electron chi connectivity index (χ1n) is 7.44. The van der Waals surface area contributed by atoms with Gasteiger partial charge in [0.05, 0.1) is 12.3 Å². The Bertz CT molecular complexity index is 832. The number of amides is 2. The molecule has 0 fully saturated rings. The lowest BCUT2D eigenvalue weighted by Crippen LogP contribution is -2.15. The predicted octanol–water partition coefficient (Wildman–Crippen LogP) is 2.24. The van der Waals surface area contributed by atoms with Gasteiger partial charge in [-0.25, -0.2) is 9.18 Å². The van der Waals surface area contributed by atoms with Gasteiger partial charge in [0.25, 0.3) is 5.91 Å². The molecule has 2 amide bonds. The summed E-state index contributed by atoms with van der Waals surface area (Å²) in [5.74, 6) is -2.12. The fourth-order valence-corrected chi connectivity index (χ4v) is 2.05. The van der Waals surface area contributed by atoms with Gasteiger partial charge in [0, 0.05) is 18.1 Å². The molecule has 0 bridgehead atoms. The first-order chi connectivity index (χ1) is 11.8. The maximum Gasteiger partial charge on any atom is 0.356 e. The molecule has 0 aliphatic rings. The Hall–Kier alpha value is -3.23. The quantitative estimate of drug-likeness (QED) is 0.717. The number of rotatable bonds is 5. The summed E-state index contributed by atoms with van der Waals surface area (Å²) in [4.78, 5) is 35.1. The molecule has 0 spiro atoms. The maximum absolute atomic E-state index is 13.6. The molecule has 2 aromatic rings. The van der Waals surface area contributed by atoms with Gasteiger partial charge in [-0.1, -0.05) is 0 Å². The van der Waals surface area contributed by atoms with Crippen LogP contribution in [0.5, 0.6) is 0 Å². The zero-order valence-electron chi connectivity index (χ0n) is 13.9. The van der Waals surface area contributed by atoms with Gasteiger partial charge < -0.3 is 15.4 Å². The van der Waals surface area contributed by atoms with Gasteiger partial charge in [0.1, 0.15) is 11.5 Å². The molecular weight excluding hydrogens is 331 g/mol. The number of hydrogen-bond donors (Lipinski definition) is 3. The molecule has 8 nitrogen and oxygen atoms in total. The molecule has 2 rings (SSSR count). The van der Waals surface area contributed by atoms with Crippen LogP contribution < -0.4 is 10.6 Å². The number of ether oxygens (including phenoxy) is 1. The minimum atomic E-state index is -0.660. The van der Waals surface area contributed by atoms with Crippen molar-refractivity contribution < 1.29 is 23.5 Å². The number of hydrogen-bond acceptors (Lipinski definition) is 5. The molecule has 0 atom stereocenters. The number of esters is 1. The SMILES string of the molecule is CCOC(=O)c1[nH]nc(NC(=O)c2ccc(F)c(NC(C)=O)c2)c1C. The second kappa shape index (κ2) is 7.56. The van der Waals surface area contributed by atoms with E-state index in [4.69, 9.17) is 4.74 Å². The van der Waals surface area contributed by atoms with Crippen LogP contribution in [0.25, 0.3) is 0 Å². The lowest BCUT2D eigenvalue weighted by molar-refractivity contribution is -0.114. The summed E-state index contributed by atoms with van der Waals surface area (Å²) < 4.78 is 18.5. The van der Waals surface area contributed by atoms with E-state index in [1.165, 1.54) is 19.1 Å². The van der Waals surface area contributed by atoms with Gasteiger partial charge in [0.2, 0.25) is 5.91 Å². The predicted molar refractivity (Wildman–Crippen MR) is 87.9 cm³/mol. The number of anilines is 2. The third-order valence-electron chi connectivity index (χ3n) is 3.26. The van der Waals surface area contributed by atoms with Crippen LogP contribution in [0.15, 0.2) is 18.2 Å². The standard InChI is InChI=1S/C16H17FN4O4/c1-4-25-16(24)13-8(2)14(21-20-13)19-15(23)10-5-6-11(17)12(7-10)18-9(3)22/h5-7H,4H2,1-3H3,(H,18,22)(H2,19,20,21,23). The molecule has 1 aromatic carbocycles. The van der Waals surface area contributed by atoms with Crippen LogP contribution in [0, 0.1) is 12.7 Å². The molecule has 0 saturated carbocycles. The van der Waals surface area contributed by atoms with E-state index in [0.717, 1.165) is 6.07 Å². The number of benzene rings is 1. The molecule has 0 radical (unpaired) electrons. The first kappa shape index (κ1) is 18.1. The maximum atomic E-state index is 13.6. The third-order valence-corrected chi connectivity index (χ3v) is 3.26. The van der Waals surface area contributed by atoms with Crippen LogP contribution in [0.3, 0.4) is 0 Å². The Morgan fingerprint density at radius 3 is 2.64 bits per heavy atom. The van der Waals surface area contributed by atoms with Crippen molar-refractivity contribution in [2.75, 3.05) is 17.2 Å². The van der Waals surface area contributed by atoms with Gasteiger partial charge in [0.15, 0.2) is 5.82 Å². The highest BCUT2D eigenvalue weighted by Gasteiger charge is 2.19. The van der Waals surface area contributed by atoms with E-state index < -0.39 is 23.6 Å². The Labute approximate surface area is 142 Å². The van der Waals surface area contributed by atoms with E-state index in [0.29, 0.717) is 5.56 Å². The molecule has 0 saturated heterocycles. The molecular formula is C16H17FN4O4. The van der Waals surface area contributed by atoms with Crippen LogP contribution in [0.1, 0.15) is 40.3 Å². The Balaban J connectivity index is 2.20. The fourth-order valence-electron chi connectivity index (χ4n) is 2.05. The summed E-state index contributed by atoms with van der Waals surface area (Å²) in [6, 6.07) is 3.55. The molecule has 0 unspecified atom stereocenters. The number of aromatic nitrogens is 2. The van der Waals surface area contributed by atoms with Crippen LogP contribution in [0.2, 0.25) is 0 Å². The number of aromatic amines is 1. The van der Waals surface area contributed by atoms with Crippen LogP contribution >= 0.6 is 0 Å². The van der Waals surface area contributed by atoms with Gasteiger partial charge in [-0.05, 0) is 32.0 Å². The van der Waals surface area contributed by atoms with Gasteiger partial charge in [-0.3, -0.25) is 14.7 Å². The lowest BCUT2D eigenvalue weighted by atomic mass is 10.1. The molecule has 0 aliphatic carbocycles. The molecule has 3 N–H and O–H groups in total. The summed E-state index contributed by atoms with van der Waals surface area (Å²) in [6.07, 6.45) is 0. The minimum Gasteiger partial charge on any atom is -0.461 e. The summed E-state index contributed by atoms with van der Waals surface area (Å²) in [5.41, 5.74) is 0.558. The van der Waals surface area contributed by atoms with Crippen molar-refractivity contribution in [1.82, 2.24) is 10.2 Å². The highest BCUT2D eigenvalue weighted by atomic mass is 19.1. The van der Waals surface area contributed by atoms with Crippen molar-refractivity contribution in [1.29, 1.82) is 0 Å². The molecule has 132 valence electrons. The zero-order chi connectivity index (χ0) is 18.6. The van der Waals surface area contributed by atoms with Crippen LogP contribution in [-0.4, -0.2) is 34.6 Å². The van der Waals surface area contributed by atoms with Crippen molar-refractivity contribution in [3.8, 4) is 0 Å². The zero-order valence-corrected chi connectivity index (χ0v) is 13.9. The van der Waals surface area contributed by atoms with Crippen LogP contribution in [-0.2, 0) is 9.53 Å². The van der Waals surface area contributed by atoms with Crippen molar-refractivity contribution in [2.45, 2.75) is 20.8 Å². The van der Waals surface area contributed by atoms with E-state index >= 15 is 0 Å². The monoisotopic (exact) mass is 348 g/mol. The van der Waals surface area contributed by atoms with Gasteiger partial charge in [-0.2, -0.15) is 5.10 Å². The first-order valence-corrected chi connectivity index (χ1v) is 7.44. The van der Waals surface area contributed by atoms with Crippen molar-refractivity contribution >= 4 is 29.3 Å². The van der Waals surface area contributed by atoms with Gasteiger partial charge in [-0.15, -0.1) is 0 Å². The fraction of sp³-hybridized carbons (Fsp3) is 0.250. The van der Waals surface area contributed by atoms with Crippen LogP contribution in [0.4, 0.5) is 15.9 Å². The van der Waals surface area contributed by atoms with E-state index in [2.05, 4.69) is 20.8 Å². The number of halogens is 1. The third kappa shape index (κ3) is 4.19. The molecule has 1 heterocycles. The topological polar surface area (TPSA) is 113 Å². The summed E-state index contributed by atoms with van der Waals surface area (Å²) in [6.45, 7) is 4.71. The second-order valence-corrected chi connectivity index (χ2v) is 5.12. The number of nitrogens with zero attached hydrogens (tertiary/aromatic N) is 1. The smallest absolute Gasteiger partial charge is 0.356 e. The normalized spacial score (nSPS) is 10.2. The molecule has 1 aromatic heterocycles. The Morgan fingerprint density at radius 1 is 1.28 bits per heavy atom. The number of carbonyl (C=O) groups is 3. The molecule has 9 heteroatoms. The van der Waals surface area contributed by atoms with Crippen molar-refractivity contribution in [3.63, 3.8) is 0 Å². The number of nitrogens with one attached hydrogen (secondary N) is 3. The number of H-pyrrole nitrogens is 1. The number of carbonyl (C=O) groups excluding carboxylic acids is 3. The van der Waals surface area contributed by atoms with E-state index in [1.54, 1.807) is 13.8 Å². The minimum absolute atomic E-state index is 0.105. The van der Waals surface area contributed by atoms with Crippen molar-refractivity contribution in [2.24, 2.45) is 0 Å². The highest BCUT2D eigenvalue weighted by Crippen LogP contribution is 2.20. The largest absolute Gasteiger partial charge is 0.461 e. The highest BCUT2D eigenvalue weighted by molar-refractivity contribution is 6.05. The molecule has 0 aliphatic heterocycles. The average Bonchev–Trinajstić information content (AvgIpc) is 2.90. The van der Waals surface area contributed by atoms with E-state index in [-0.39, 0.29) is 29.4 Å². The van der Waals surface area contributed by atoms with Gasteiger partial charge >= 0.3 is 5.97 Å². The van der Waals surface area contributed by atoms with Crippen molar-refractivity contribution in [3.05, 3.63) is 40.8 Å². The Kier molecular flexibility index (Phi) is 5.48. The summed E-state index contributed by atoms with van der Waals surface area (Å²) in [5, 5.41) is 11.2. The molecule has 25 heavy (non-hydrogen) atoms. The second-order valence-electron chi connectivity index (χ2n) is 5.12. The Morgan fingerprint density at radius 2 is 2.00 bits per heavy atom. The van der Waals surface area contributed by atoms with E-state index in [9.17, 15) is 18.8 Å². The summed E-state index contributed by atoms with van der Waals surface area (Å²) >= 11 is 0. The summed E-state index contributed by atoms with van der Waals surface area (Å²) in [7, 11) is 0.